The van der Waals surface area contributed by atoms with Gasteiger partial charge >= 0.3 is 0 Å². The minimum absolute atomic E-state index is 0.123. The summed E-state index contributed by atoms with van der Waals surface area (Å²) < 4.78 is 18.1. The number of ether oxygens (including phenoxy) is 3. The minimum Gasteiger partial charge on any atom is -0.490 e. The quantitative estimate of drug-likeness (QED) is 0.151. The van der Waals surface area contributed by atoms with Crippen molar-refractivity contribution in [3.8, 4) is 17.2 Å². The fourth-order valence-corrected chi connectivity index (χ4v) is 6.71. The summed E-state index contributed by atoms with van der Waals surface area (Å²) in [7, 11) is 0. The van der Waals surface area contributed by atoms with E-state index in [9.17, 15) is 4.79 Å². The molecule has 0 spiro atoms. The summed E-state index contributed by atoms with van der Waals surface area (Å²) in [5, 5.41) is 4.11. The third-order valence-electron chi connectivity index (χ3n) is 5.59. The topological polar surface area (TPSA) is 69.2 Å². The van der Waals surface area contributed by atoms with Crippen LogP contribution >= 0.6 is 23.5 Å². The maximum atomic E-state index is 12.3. The number of allylic oxidation sites excluding steroid dienone is 1. The number of nitrogens with zero attached hydrogens (tertiary/aromatic N) is 1. The number of carbonyl (C=O) groups excluding carboxylic acids is 1. The van der Waals surface area contributed by atoms with Crippen molar-refractivity contribution in [1.82, 2.24) is 5.43 Å². The lowest BCUT2D eigenvalue weighted by molar-refractivity contribution is -0.123. The largest absolute Gasteiger partial charge is 0.490 e. The minimum atomic E-state index is -0.341. The van der Waals surface area contributed by atoms with Gasteiger partial charge in [0.1, 0.15) is 12.4 Å². The fourth-order valence-electron chi connectivity index (χ4n) is 3.85. The van der Waals surface area contributed by atoms with Crippen LogP contribution in [-0.4, -0.2) is 36.8 Å². The lowest BCUT2D eigenvalue weighted by Crippen LogP contribution is -2.24. The highest BCUT2D eigenvalue weighted by Gasteiger charge is 2.18. The number of thioether (sulfide) groups is 2. The number of carbonyl (C=O) groups is 1. The van der Waals surface area contributed by atoms with Crippen LogP contribution in [0, 0.1) is 0 Å². The highest BCUT2D eigenvalue weighted by Crippen LogP contribution is 2.45. The molecule has 0 saturated carbocycles. The van der Waals surface area contributed by atoms with Crippen LogP contribution in [0.4, 0.5) is 0 Å². The van der Waals surface area contributed by atoms with Crippen LogP contribution in [0.3, 0.4) is 0 Å². The first kappa shape index (κ1) is 27.7. The zero-order chi connectivity index (χ0) is 26.6. The third kappa shape index (κ3) is 8.07. The Bertz CT molecular complexity index is 1230. The second-order valence-electron chi connectivity index (χ2n) is 8.43. The van der Waals surface area contributed by atoms with Crippen molar-refractivity contribution in [2.45, 2.75) is 24.5 Å². The van der Waals surface area contributed by atoms with Crippen LogP contribution in [0.15, 0.2) is 84.5 Å². The van der Waals surface area contributed by atoms with E-state index in [0.717, 1.165) is 16.7 Å². The molecule has 1 amide bonds. The van der Waals surface area contributed by atoms with E-state index in [-0.39, 0.29) is 12.5 Å². The van der Waals surface area contributed by atoms with Crippen LogP contribution in [0.2, 0.25) is 0 Å². The van der Waals surface area contributed by atoms with Crippen LogP contribution in [0.5, 0.6) is 17.2 Å². The Morgan fingerprint density at radius 2 is 1.82 bits per heavy atom. The van der Waals surface area contributed by atoms with Gasteiger partial charge in [-0.05, 0) is 54.3 Å². The summed E-state index contributed by atoms with van der Waals surface area (Å²) in [4.78, 5) is 12.3. The molecule has 38 heavy (non-hydrogen) atoms. The lowest BCUT2D eigenvalue weighted by Gasteiger charge is -2.16. The first-order valence-corrected chi connectivity index (χ1v) is 14.6. The zero-order valence-corrected chi connectivity index (χ0v) is 23.1. The summed E-state index contributed by atoms with van der Waals surface area (Å²) in [6, 6.07) is 21.7. The first-order chi connectivity index (χ1) is 18.7. The maximum absolute atomic E-state index is 12.3. The molecule has 0 aromatic heterocycles. The molecule has 8 heteroatoms. The third-order valence-corrected chi connectivity index (χ3v) is 8.70. The predicted molar refractivity (Wildman–Crippen MR) is 158 cm³/mol. The lowest BCUT2D eigenvalue weighted by atomic mass is 10.1. The second-order valence-corrected chi connectivity index (χ2v) is 11.2. The maximum Gasteiger partial charge on any atom is 0.277 e. The Morgan fingerprint density at radius 1 is 1.05 bits per heavy atom. The predicted octanol–water partition coefficient (Wildman–Crippen LogP) is 6.40. The molecule has 4 rings (SSSR count). The Balaban J connectivity index is 1.35. The molecule has 3 aromatic rings. The molecule has 0 unspecified atom stereocenters. The van der Waals surface area contributed by atoms with E-state index in [1.165, 1.54) is 17.1 Å². The van der Waals surface area contributed by atoms with Crippen molar-refractivity contribution < 1.29 is 19.0 Å². The van der Waals surface area contributed by atoms with Gasteiger partial charge < -0.3 is 14.2 Å². The van der Waals surface area contributed by atoms with Crippen molar-refractivity contribution in [3.63, 3.8) is 0 Å². The molecule has 1 N–H and O–H groups in total. The molecular formula is C30H32N2O4S2. The highest BCUT2D eigenvalue weighted by molar-refractivity contribution is 8.19. The van der Waals surface area contributed by atoms with Gasteiger partial charge in [0.25, 0.3) is 5.91 Å². The standard InChI is InChI=1S/C30H32N2O4S2/c1-3-8-25-17-23(18-27(34-4-2)29(25)36-20-22-9-6-5-7-10-22)19-31-32-28(33)21-35-26-13-11-24(12-14-26)30-37-15-16-38-30/h3,5-7,9-14,17-19,30H,1,4,8,15-16,20-21H2,2H3,(H,32,33)/b31-19-. The van der Waals surface area contributed by atoms with Gasteiger partial charge in [-0.15, -0.1) is 30.1 Å². The van der Waals surface area contributed by atoms with Crippen molar-refractivity contribution >= 4 is 35.6 Å². The van der Waals surface area contributed by atoms with E-state index in [4.69, 9.17) is 14.2 Å². The normalized spacial score (nSPS) is 13.4. The molecule has 6 nitrogen and oxygen atoms in total. The number of benzene rings is 3. The molecule has 0 atom stereocenters. The molecule has 1 aliphatic rings. The zero-order valence-electron chi connectivity index (χ0n) is 21.4. The van der Waals surface area contributed by atoms with Crippen LogP contribution in [-0.2, 0) is 17.8 Å². The van der Waals surface area contributed by atoms with Crippen LogP contribution < -0.4 is 19.6 Å². The number of hydrogen-bond donors (Lipinski definition) is 1. The first-order valence-electron chi connectivity index (χ1n) is 12.5. The number of rotatable bonds is 13. The summed E-state index contributed by atoms with van der Waals surface area (Å²) in [6.07, 6.45) is 4.00. The smallest absolute Gasteiger partial charge is 0.277 e. The van der Waals surface area contributed by atoms with Gasteiger partial charge in [-0.25, -0.2) is 5.43 Å². The van der Waals surface area contributed by atoms with Crippen LogP contribution in [0.1, 0.15) is 33.8 Å². The van der Waals surface area contributed by atoms with E-state index in [1.54, 1.807) is 6.21 Å². The monoisotopic (exact) mass is 548 g/mol. The molecule has 198 valence electrons. The molecule has 0 aliphatic carbocycles. The van der Waals surface area contributed by atoms with E-state index in [1.807, 2.05) is 91.1 Å². The Hall–Kier alpha value is -3.36. The number of hydrazone groups is 1. The average Bonchev–Trinajstić information content (AvgIpc) is 3.48. The molecular weight excluding hydrogens is 516 g/mol. The molecule has 1 heterocycles. The van der Waals surface area contributed by atoms with Crippen LogP contribution in [0.25, 0.3) is 0 Å². The second kappa shape index (κ2) is 14.5. The SMILES string of the molecule is C=CCc1cc(/C=N\NC(=O)COc2ccc(C3SCCS3)cc2)cc(OCC)c1OCc1ccccc1. The summed E-state index contributed by atoms with van der Waals surface area (Å²) in [6.45, 7) is 6.59. The Kier molecular flexibility index (Phi) is 10.6. The molecule has 1 aliphatic heterocycles. The summed E-state index contributed by atoms with van der Waals surface area (Å²) in [5.74, 6) is 3.98. The van der Waals surface area contributed by atoms with Crippen molar-refractivity contribution in [3.05, 3.63) is 102 Å². The van der Waals surface area contributed by atoms with Gasteiger partial charge in [-0.2, -0.15) is 5.10 Å². The number of hydrogen-bond acceptors (Lipinski definition) is 7. The fraction of sp³-hybridized carbons (Fsp3) is 0.267. The highest BCUT2D eigenvalue weighted by atomic mass is 32.2. The molecule has 1 saturated heterocycles. The van der Waals surface area contributed by atoms with Gasteiger partial charge in [-0.1, -0.05) is 48.5 Å². The van der Waals surface area contributed by atoms with Crippen molar-refractivity contribution in [2.75, 3.05) is 24.7 Å². The summed E-state index contributed by atoms with van der Waals surface area (Å²) in [5.41, 5.74) is 6.57. The van der Waals surface area contributed by atoms with E-state index in [0.29, 0.717) is 41.5 Å². The van der Waals surface area contributed by atoms with E-state index < -0.39 is 0 Å². The molecule has 1 fully saturated rings. The molecule has 0 radical (unpaired) electrons. The van der Waals surface area contributed by atoms with Gasteiger partial charge in [-0.3, -0.25) is 4.79 Å². The van der Waals surface area contributed by atoms with E-state index in [2.05, 4.69) is 29.2 Å². The summed E-state index contributed by atoms with van der Waals surface area (Å²) >= 11 is 3.92. The Labute approximate surface area is 232 Å². The van der Waals surface area contributed by atoms with Gasteiger partial charge in [0, 0.05) is 17.1 Å². The van der Waals surface area contributed by atoms with Gasteiger partial charge in [0.2, 0.25) is 0 Å². The molecule has 3 aromatic carbocycles. The molecule has 0 bridgehead atoms. The number of amides is 1. The van der Waals surface area contributed by atoms with Crippen molar-refractivity contribution in [1.29, 1.82) is 0 Å². The Morgan fingerprint density at radius 3 is 2.53 bits per heavy atom. The average molecular weight is 549 g/mol. The van der Waals surface area contributed by atoms with Crippen molar-refractivity contribution in [2.24, 2.45) is 5.10 Å². The van der Waals surface area contributed by atoms with Gasteiger partial charge in [0.15, 0.2) is 18.1 Å². The van der Waals surface area contributed by atoms with E-state index >= 15 is 0 Å². The number of nitrogens with one attached hydrogen (secondary N) is 1. The van der Waals surface area contributed by atoms with Gasteiger partial charge in [0.05, 0.1) is 17.4 Å².